The summed E-state index contributed by atoms with van der Waals surface area (Å²) in [5, 5.41) is 20.5. The molecule has 51 heavy (non-hydrogen) atoms. The van der Waals surface area contributed by atoms with Crippen molar-refractivity contribution in [3.05, 3.63) is 137 Å². The van der Waals surface area contributed by atoms with Crippen molar-refractivity contribution < 1.29 is 39.0 Å². The second kappa shape index (κ2) is 10.5. The lowest BCUT2D eigenvalue weighted by molar-refractivity contribution is 0.0688. The molecule has 0 spiro atoms. The largest absolute Gasteiger partial charge is 0.478 e. The summed E-state index contributed by atoms with van der Waals surface area (Å²) in [5.74, 6) is -4.19. The number of H-pyrrole nitrogens is 1. The minimum atomic E-state index is -1.16. The van der Waals surface area contributed by atoms with Crippen molar-refractivity contribution in [2.24, 2.45) is 0 Å². The van der Waals surface area contributed by atoms with Crippen LogP contribution in [0, 0.1) is 0 Å². The highest BCUT2D eigenvalue weighted by Gasteiger charge is 2.36. The number of hydrogen-bond donors (Lipinski definition) is 3. The maximum atomic E-state index is 13.7. The number of benzene rings is 6. The van der Waals surface area contributed by atoms with E-state index < -0.39 is 35.6 Å². The minimum Gasteiger partial charge on any atom is -0.478 e. The van der Waals surface area contributed by atoms with Gasteiger partial charge in [0.15, 0.2) is 0 Å². The van der Waals surface area contributed by atoms with Gasteiger partial charge in [-0.15, -0.1) is 0 Å². The van der Waals surface area contributed by atoms with E-state index in [1.165, 1.54) is 24.3 Å². The number of carboxylic acids is 2. The Balaban J connectivity index is 1.03. The van der Waals surface area contributed by atoms with Crippen LogP contribution in [0.4, 0.5) is 11.4 Å². The first-order chi connectivity index (χ1) is 24.6. The van der Waals surface area contributed by atoms with Gasteiger partial charge in [-0.2, -0.15) is 0 Å². The molecule has 2 aliphatic rings. The lowest BCUT2D eigenvalue weighted by Crippen LogP contribution is -2.40. The molecule has 12 nitrogen and oxygen atoms in total. The van der Waals surface area contributed by atoms with E-state index in [9.17, 15) is 39.0 Å². The number of carboxylic acid groups (broad SMARTS) is 2. The van der Waals surface area contributed by atoms with Gasteiger partial charge in [-0.1, -0.05) is 24.3 Å². The SMILES string of the molecule is O=C(O)c1ccc2c3c(cccc13)C(=O)N(c1ccc(-c3nc4ccc(N5C(=O)c6cccc7c(C(=O)O)ccc(c67)C5=O)cc4[nH]3)cc1)C2=O. The van der Waals surface area contributed by atoms with E-state index in [0.717, 1.165) is 9.80 Å². The maximum Gasteiger partial charge on any atom is 0.336 e. The molecule has 0 aliphatic carbocycles. The molecule has 0 atom stereocenters. The molecule has 3 heterocycles. The van der Waals surface area contributed by atoms with Gasteiger partial charge in [-0.25, -0.2) is 24.4 Å². The van der Waals surface area contributed by atoms with Crippen molar-refractivity contribution in [3.8, 4) is 11.4 Å². The smallest absolute Gasteiger partial charge is 0.336 e. The van der Waals surface area contributed by atoms with Crippen LogP contribution in [0.5, 0.6) is 0 Å². The van der Waals surface area contributed by atoms with Gasteiger partial charge >= 0.3 is 11.9 Å². The quantitative estimate of drug-likeness (QED) is 0.171. The molecule has 1 aromatic heterocycles. The minimum absolute atomic E-state index is 0.000120. The third-order valence-electron chi connectivity index (χ3n) is 9.40. The number of aromatic carboxylic acids is 2. The molecule has 0 saturated carbocycles. The molecule has 9 rings (SSSR count). The molecule has 12 heteroatoms. The number of hydrogen-bond acceptors (Lipinski definition) is 7. The lowest BCUT2D eigenvalue weighted by Gasteiger charge is -2.27. The Hall–Kier alpha value is -7.47. The summed E-state index contributed by atoms with van der Waals surface area (Å²) in [6.07, 6.45) is 0. The number of anilines is 2. The van der Waals surface area contributed by atoms with Gasteiger partial charge in [0.05, 0.1) is 33.5 Å². The monoisotopic (exact) mass is 672 g/mol. The standard InChI is InChI=1S/C39H20N4O8/c44-34-25-5-1-3-21-23(38(48)49)12-14-27(31(21)25)36(46)42(34)19-9-7-18(8-10-19)33-40-29-16-11-20(17-30(29)41-33)43-35(45)26-6-2-4-22-24(39(50)51)13-15-28(32(22)26)37(43)47/h1-17H,(H,40,41)(H,48,49)(H,50,51). The molecule has 244 valence electrons. The average Bonchev–Trinajstić information content (AvgIpc) is 3.56. The number of carbonyl (C=O) groups excluding carboxylic acids is 4. The zero-order valence-electron chi connectivity index (χ0n) is 26.0. The Morgan fingerprint density at radius 1 is 0.549 bits per heavy atom. The predicted octanol–water partition coefficient (Wildman–Crippen LogP) is 6.53. The highest BCUT2D eigenvalue weighted by Crippen LogP contribution is 2.37. The molecule has 0 bridgehead atoms. The second-order valence-electron chi connectivity index (χ2n) is 12.1. The van der Waals surface area contributed by atoms with Gasteiger partial charge < -0.3 is 15.2 Å². The van der Waals surface area contributed by atoms with Crippen LogP contribution >= 0.6 is 0 Å². The number of imidazole rings is 1. The maximum absolute atomic E-state index is 13.7. The van der Waals surface area contributed by atoms with E-state index in [4.69, 9.17) is 0 Å². The molecular formula is C39H20N4O8. The van der Waals surface area contributed by atoms with Gasteiger partial charge in [-0.05, 0) is 89.6 Å². The van der Waals surface area contributed by atoms with Gasteiger partial charge in [0.1, 0.15) is 5.82 Å². The highest BCUT2D eigenvalue weighted by atomic mass is 16.4. The fraction of sp³-hybridized carbons (Fsp3) is 0. The van der Waals surface area contributed by atoms with Gasteiger partial charge in [0, 0.05) is 38.6 Å². The molecular weight excluding hydrogens is 652 g/mol. The van der Waals surface area contributed by atoms with Crippen LogP contribution in [-0.2, 0) is 0 Å². The number of amides is 4. The summed E-state index contributed by atoms with van der Waals surface area (Å²) in [4.78, 5) is 88.1. The fourth-order valence-corrected chi connectivity index (χ4v) is 7.08. The predicted molar refractivity (Wildman–Crippen MR) is 186 cm³/mol. The number of nitrogens with zero attached hydrogens (tertiary/aromatic N) is 3. The number of aromatic nitrogens is 2. The number of imide groups is 2. The first-order valence-electron chi connectivity index (χ1n) is 15.6. The Morgan fingerprint density at radius 3 is 1.53 bits per heavy atom. The summed E-state index contributed by atoms with van der Waals surface area (Å²) in [6.45, 7) is 0. The summed E-state index contributed by atoms with van der Waals surface area (Å²) in [5.41, 5.74) is 3.18. The van der Waals surface area contributed by atoms with Crippen LogP contribution in [0.25, 0.3) is 44.0 Å². The van der Waals surface area contributed by atoms with Crippen molar-refractivity contribution in [3.63, 3.8) is 0 Å². The van der Waals surface area contributed by atoms with E-state index in [2.05, 4.69) is 9.97 Å². The Kier molecular flexibility index (Phi) is 6.11. The molecule has 7 aromatic rings. The third-order valence-corrected chi connectivity index (χ3v) is 9.40. The molecule has 0 radical (unpaired) electrons. The summed E-state index contributed by atoms with van der Waals surface area (Å²) >= 11 is 0. The summed E-state index contributed by atoms with van der Waals surface area (Å²) < 4.78 is 0. The van der Waals surface area contributed by atoms with Crippen molar-refractivity contribution >= 4 is 79.5 Å². The topological polar surface area (TPSA) is 178 Å². The van der Waals surface area contributed by atoms with Crippen molar-refractivity contribution in [1.29, 1.82) is 0 Å². The van der Waals surface area contributed by atoms with Crippen molar-refractivity contribution in [1.82, 2.24) is 9.97 Å². The number of rotatable bonds is 5. The fourth-order valence-electron chi connectivity index (χ4n) is 7.08. The van der Waals surface area contributed by atoms with Gasteiger partial charge in [-0.3, -0.25) is 19.2 Å². The van der Waals surface area contributed by atoms with E-state index in [0.29, 0.717) is 55.3 Å². The molecule has 0 unspecified atom stereocenters. The highest BCUT2D eigenvalue weighted by molar-refractivity contribution is 6.38. The van der Waals surface area contributed by atoms with Gasteiger partial charge in [0.2, 0.25) is 0 Å². The van der Waals surface area contributed by atoms with Crippen LogP contribution in [-0.4, -0.2) is 55.7 Å². The molecule has 4 amide bonds. The van der Waals surface area contributed by atoms with E-state index >= 15 is 0 Å². The molecule has 0 saturated heterocycles. The number of aromatic amines is 1. The average molecular weight is 673 g/mol. The van der Waals surface area contributed by atoms with Crippen LogP contribution in [0.15, 0.2) is 103 Å². The Labute approximate surface area is 285 Å². The van der Waals surface area contributed by atoms with Crippen LogP contribution < -0.4 is 9.80 Å². The number of nitrogens with one attached hydrogen (secondary N) is 1. The molecule has 2 aliphatic heterocycles. The zero-order valence-corrected chi connectivity index (χ0v) is 26.0. The summed E-state index contributed by atoms with van der Waals surface area (Å²) in [7, 11) is 0. The first kappa shape index (κ1) is 29.7. The Bertz CT molecular complexity index is 2760. The lowest BCUT2D eigenvalue weighted by atomic mass is 9.91. The Morgan fingerprint density at radius 2 is 1.02 bits per heavy atom. The first-order valence-corrected chi connectivity index (χ1v) is 15.6. The van der Waals surface area contributed by atoms with Gasteiger partial charge in [0.25, 0.3) is 23.6 Å². The molecule has 0 fully saturated rings. The van der Waals surface area contributed by atoms with E-state index in [1.807, 2.05) is 0 Å². The third kappa shape index (κ3) is 4.16. The number of carbonyl (C=O) groups is 6. The summed E-state index contributed by atoms with van der Waals surface area (Å²) in [6, 6.07) is 26.5. The van der Waals surface area contributed by atoms with Crippen LogP contribution in [0.3, 0.4) is 0 Å². The van der Waals surface area contributed by atoms with E-state index in [-0.39, 0.29) is 33.4 Å². The second-order valence-corrected chi connectivity index (χ2v) is 12.1. The van der Waals surface area contributed by atoms with Crippen LogP contribution in [0.2, 0.25) is 0 Å². The van der Waals surface area contributed by atoms with Crippen LogP contribution in [0.1, 0.15) is 62.1 Å². The molecule has 6 aromatic carbocycles. The molecule has 3 N–H and O–H groups in total. The van der Waals surface area contributed by atoms with Crippen molar-refractivity contribution in [2.45, 2.75) is 0 Å². The normalized spacial score (nSPS) is 13.9. The van der Waals surface area contributed by atoms with E-state index in [1.54, 1.807) is 78.9 Å². The van der Waals surface area contributed by atoms with Crippen molar-refractivity contribution in [2.75, 3.05) is 9.80 Å². The number of fused-ring (bicyclic) bond motifs is 1. The zero-order chi connectivity index (χ0) is 35.3.